The van der Waals surface area contributed by atoms with Crippen LogP contribution in [0, 0.1) is 17.8 Å². The van der Waals surface area contributed by atoms with Gasteiger partial charge in [-0.15, -0.1) is 0 Å². The first kappa shape index (κ1) is 30.5. The molecule has 43 heavy (non-hydrogen) atoms. The van der Waals surface area contributed by atoms with Crippen LogP contribution >= 0.6 is 11.6 Å². The Labute approximate surface area is 256 Å². The number of rotatable bonds is 11. The molecule has 2 amide bonds. The van der Waals surface area contributed by atoms with Crippen molar-refractivity contribution in [2.24, 2.45) is 17.8 Å². The Morgan fingerprint density at radius 2 is 1.74 bits per heavy atom. The van der Waals surface area contributed by atoms with E-state index in [-0.39, 0.29) is 37.2 Å². The SMILES string of the molecule is CC/C(=C\c1ccc(O)cc1Cl)CC[C@@H](O)C1=C(COc2ccccc2)C[C@H]2C(=O)N(c3ccccc3)C(=O)[C@H]2[C@H]1CO. The normalized spacial score (nSPS) is 21.3. The molecular formula is C35H36ClNO6. The highest BCUT2D eigenvalue weighted by Gasteiger charge is 2.55. The number of phenolic OH excluding ortho intramolecular Hbond substituents is 1. The summed E-state index contributed by atoms with van der Waals surface area (Å²) < 4.78 is 6.08. The fraction of sp³-hybridized carbons (Fsp3) is 0.314. The van der Waals surface area contributed by atoms with E-state index < -0.39 is 23.9 Å². The molecule has 1 fully saturated rings. The van der Waals surface area contributed by atoms with Gasteiger partial charge < -0.3 is 20.1 Å². The number of amides is 2. The first-order chi connectivity index (χ1) is 20.8. The van der Waals surface area contributed by atoms with Gasteiger partial charge in [0.05, 0.1) is 35.3 Å². The average molecular weight is 602 g/mol. The number of anilines is 1. The third-order valence-electron chi connectivity index (χ3n) is 8.45. The molecule has 0 spiro atoms. The summed E-state index contributed by atoms with van der Waals surface area (Å²) in [6.07, 6.45) is 2.86. The van der Waals surface area contributed by atoms with Crippen LogP contribution in [0.4, 0.5) is 5.69 Å². The van der Waals surface area contributed by atoms with Gasteiger partial charge in [0.1, 0.15) is 18.1 Å². The second kappa shape index (κ2) is 13.6. The second-order valence-corrected chi connectivity index (χ2v) is 11.5. The minimum Gasteiger partial charge on any atom is -0.508 e. The van der Waals surface area contributed by atoms with Crippen molar-refractivity contribution in [1.29, 1.82) is 0 Å². The van der Waals surface area contributed by atoms with E-state index in [9.17, 15) is 24.9 Å². The monoisotopic (exact) mass is 601 g/mol. The molecule has 1 heterocycles. The first-order valence-electron chi connectivity index (χ1n) is 14.6. The smallest absolute Gasteiger partial charge is 0.238 e. The molecule has 3 N–H and O–H groups in total. The molecule has 8 heteroatoms. The van der Waals surface area contributed by atoms with Crippen LogP contribution in [0.25, 0.3) is 6.08 Å². The summed E-state index contributed by atoms with van der Waals surface area (Å²) in [6.45, 7) is 1.76. The van der Waals surface area contributed by atoms with E-state index in [0.29, 0.717) is 34.9 Å². The number of aliphatic hydroxyl groups excluding tert-OH is 2. The van der Waals surface area contributed by atoms with Crippen molar-refractivity contribution in [3.05, 3.63) is 106 Å². The lowest BCUT2D eigenvalue weighted by molar-refractivity contribution is -0.123. The summed E-state index contributed by atoms with van der Waals surface area (Å²) in [6, 6.07) is 22.9. The molecule has 3 aromatic rings. The number of imide groups is 1. The molecule has 3 aromatic carbocycles. The minimum absolute atomic E-state index is 0.0872. The molecule has 4 atom stereocenters. The summed E-state index contributed by atoms with van der Waals surface area (Å²) in [5, 5.41) is 32.5. The topological polar surface area (TPSA) is 107 Å². The molecule has 224 valence electrons. The van der Waals surface area contributed by atoms with Gasteiger partial charge in [-0.2, -0.15) is 0 Å². The third kappa shape index (κ3) is 6.54. The minimum atomic E-state index is -0.966. The maximum Gasteiger partial charge on any atom is 0.238 e. The Hall–Kier alpha value is -3.91. The number of fused-ring (bicyclic) bond motifs is 1. The lowest BCUT2D eigenvalue weighted by Crippen LogP contribution is -2.40. The van der Waals surface area contributed by atoms with Crippen molar-refractivity contribution in [2.75, 3.05) is 18.1 Å². The van der Waals surface area contributed by atoms with Gasteiger partial charge in [-0.05, 0) is 84.9 Å². The van der Waals surface area contributed by atoms with Gasteiger partial charge >= 0.3 is 0 Å². The summed E-state index contributed by atoms with van der Waals surface area (Å²) in [4.78, 5) is 28.6. The Balaban J connectivity index is 1.45. The zero-order valence-electron chi connectivity index (χ0n) is 24.0. The highest BCUT2D eigenvalue weighted by molar-refractivity contribution is 6.32. The number of aliphatic hydroxyl groups is 2. The zero-order chi connectivity index (χ0) is 30.5. The van der Waals surface area contributed by atoms with Gasteiger partial charge in [0.15, 0.2) is 0 Å². The van der Waals surface area contributed by atoms with Crippen molar-refractivity contribution < 1.29 is 29.6 Å². The van der Waals surface area contributed by atoms with Crippen LogP contribution in [0.2, 0.25) is 5.02 Å². The third-order valence-corrected chi connectivity index (χ3v) is 8.77. The van der Waals surface area contributed by atoms with Crippen LogP contribution in [0.15, 0.2) is 95.6 Å². The number of allylic oxidation sites excluding steroid dienone is 1. The number of ether oxygens (including phenoxy) is 1. The summed E-state index contributed by atoms with van der Waals surface area (Å²) >= 11 is 6.32. The molecule has 1 aliphatic carbocycles. The molecule has 2 aliphatic rings. The van der Waals surface area contributed by atoms with Crippen molar-refractivity contribution in [2.45, 2.75) is 38.7 Å². The predicted octanol–water partition coefficient (Wildman–Crippen LogP) is 6.17. The molecule has 7 nitrogen and oxygen atoms in total. The number of carbonyl (C=O) groups excluding carboxylic acids is 2. The quantitative estimate of drug-likeness (QED) is 0.179. The van der Waals surface area contributed by atoms with Crippen molar-refractivity contribution in [3.8, 4) is 11.5 Å². The summed E-state index contributed by atoms with van der Waals surface area (Å²) in [5.74, 6) is -2.08. The standard InChI is InChI=1S/C35H36ClNO6/c1-2-22(17-23-14-15-26(39)19-30(23)36)13-16-31(40)32-24(21-43-27-11-7-4-8-12-27)18-28-33(29(32)20-38)35(42)37(34(28)41)25-9-5-3-6-10-25/h3-12,14-15,17,19,28-29,31,33,38-40H,2,13,16,18,20-21H2,1H3/b22-17+/t28-,29+,31-,33-/m1/s1. The Morgan fingerprint density at radius 3 is 2.40 bits per heavy atom. The van der Waals surface area contributed by atoms with E-state index in [2.05, 4.69) is 0 Å². The number of halogens is 1. The Kier molecular flexibility index (Phi) is 9.65. The zero-order valence-corrected chi connectivity index (χ0v) is 24.8. The molecule has 5 rings (SSSR count). The highest BCUT2D eigenvalue weighted by Crippen LogP contribution is 2.47. The number of hydrogen-bond acceptors (Lipinski definition) is 6. The molecule has 0 bridgehead atoms. The predicted molar refractivity (Wildman–Crippen MR) is 167 cm³/mol. The van der Waals surface area contributed by atoms with Gasteiger partial charge in [-0.1, -0.05) is 66.6 Å². The number of benzene rings is 3. The van der Waals surface area contributed by atoms with Crippen LogP contribution in [0.5, 0.6) is 11.5 Å². The molecule has 0 aromatic heterocycles. The second-order valence-electron chi connectivity index (χ2n) is 11.0. The maximum absolute atomic E-state index is 13.8. The molecule has 1 aliphatic heterocycles. The number of nitrogens with zero attached hydrogens (tertiary/aromatic N) is 1. The Morgan fingerprint density at radius 1 is 1.05 bits per heavy atom. The van der Waals surface area contributed by atoms with E-state index in [0.717, 1.165) is 23.1 Å². The summed E-state index contributed by atoms with van der Waals surface area (Å²) in [7, 11) is 0. The molecule has 0 saturated carbocycles. The molecule has 1 saturated heterocycles. The van der Waals surface area contributed by atoms with Gasteiger partial charge in [0, 0.05) is 5.92 Å². The largest absolute Gasteiger partial charge is 0.508 e. The number of carbonyl (C=O) groups is 2. The lowest BCUT2D eigenvalue weighted by atomic mass is 9.68. The van der Waals surface area contributed by atoms with Gasteiger partial charge in [-0.25, -0.2) is 0 Å². The molecular weight excluding hydrogens is 566 g/mol. The van der Waals surface area contributed by atoms with E-state index in [1.807, 2.05) is 49.4 Å². The number of para-hydroxylation sites is 2. The number of hydrogen-bond donors (Lipinski definition) is 3. The molecule has 0 unspecified atom stereocenters. The summed E-state index contributed by atoms with van der Waals surface area (Å²) in [5.41, 5.74) is 3.63. The van der Waals surface area contributed by atoms with Crippen LogP contribution < -0.4 is 9.64 Å². The van der Waals surface area contributed by atoms with Crippen molar-refractivity contribution in [1.82, 2.24) is 0 Å². The van der Waals surface area contributed by atoms with Crippen LogP contribution in [0.1, 0.15) is 38.2 Å². The van der Waals surface area contributed by atoms with Gasteiger partial charge in [0.25, 0.3) is 0 Å². The van der Waals surface area contributed by atoms with Crippen molar-refractivity contribution >= 4 is 35.2 Å². The van der Waals surface area contributed by atoms with Crippen LogP contribution in [0.3, 0.4) is 0 Å². The maximum atomic E-state index is 13.8. The van der Waals surface area contributed by atoms with Gasteiger partial charge in [0.2, 0.25) is 11.8 Å². The number of phenols is 1. The molecule has 0 radical (unpaired) electrons. The van der Waals surface area contributed by atoms with E-state index in [1.54, 1.807) is 36.4 Å². The average Bonchev–Trinajstić information content (AvgIpc) is 3.27. The van der Waals surface area contributed by atoms with Crippen LogP contribution in [-0.4, -0.2) is 46.5 Å². The van der Waals surface area contributed by atoms with Crippen molar-refractivity contribution in [3.63, 3.8) is 0 Å². The lowest BCUT2D eigenvalue weighted by Gasteiger charge is -2.36. The van der Waals surface area contributed by atoms with E-state index in [4.69, 9.17) is 16.3 Å². The fourth-order valence-corrected chi connectivity index (χ4v) is 6.52. The Bertz CT molecular complexity index is 1520. The fourth-order valence-electron chi connectivity index (χ4n) is 6.29. The van der Waals surface area contributed by atoms with Crippen LogP contribution in [-0.2, 0) is 9.59 Å². The van der Waals surface area contributed by atoms with E-state index in [1.165, 1.54) is 11.0 Å². The first-order valence-corrected chi connectivity index (χ1v) is 15.0. The number of aromatic hydroxyl groups is 1. The van der Waals surface area contributed by atoms with Gasteiger partial charge in [-0.3, -0.25) is 14.5 Å². The van der Waals surface area contributed by atoms with E-state index >= 15 is 0 Å². The highest BCUT2D eigenvalue weighted by atomic mass is 35.5.